The van der Waals surface area contributed by atoms with Crippen LogP contribution in [-0.4, -0.2) is 12.2 Å². The van der Waals surface area contributed by atoms with Gasteiger partial charge in [-0.05, 0) is 43.2 Å². The van der Waals surface area contributed by atoms with Crippen molar-refractivity contribution in [3.8, 4) is 11.5 Å². The molecule has 4 heteroatoms. The summed E-state index contributed by atoms with van der Waals surface area (Å²) in [5.74, 6) is 0.841. The summed E-state index contributed by atoms with van der Waals surface area (Å²) in [6, 6.07) is 9.86. The highest BCUT2D eigenvalue weighted by atomic mass is 19.1. The smallest absolute Gasteiger partial charge is 0.126 e. The fourth-order valence-electron chi connectivity index (χ4n) is 2.06. The Kier molecular flexibility index (Phi) is 4.81. The number of benzene rings is 2. The van der Waals surface area contributed by atoms with Crippen molar-refractivity contribution in [3.63, 3.8) is 0 Å². The Labute approximate surface area is 124 Å². The third-order valence-electron chi connectivity index (χ3n) is 3.32. The van der Waals surface area contributed by atoms with E-state index >= 15 is 0 Å². The Morgan fingerprint density at radius 3 is 2.57 bits per heavy atom. The summed E-state index contributed by atoms with van der Waals surface area (Å²) in [7, 11) is 1.58. The topological polar surface area (TPSA) is 38.7 Å². The van der Waals surface area contributed by atoms with E-state index in [0.717, 1.165) is 16.7 Å². The molecule has 1 unspecified atom stereocenters. The zero-order valence-corrected chi connectivity index (χ0v) is 12.4. The number of aryl methyl sites for hydroxylation is 1. The molecule has 0 aliphatic carbocycles. The summed E-state index contributed by atoms with van der Waals surface area (Å²) in [5, 5.41) is 9.65. The van der Waals surface area contributed by atoms with Crippen molar-refractivity contribution in [2.45, 2.75) is 26.6 Å². The van der Waals surface area contributed by atoms with E-state index in [-0.39, 0.29) is 12.4 Å². The van der Waals surface area contributed by atoms with Crippen molar-refractivity contribution in [2.24, 2.45) is 0 Å². The van der Waals surface area contributed by atoms with Gasteiger partial charge in [-0.2, -0.15) is 0 Å². The summed E-state index contributed by atoms with van der Waals surface area (Å²) < 4.78 is 24.2. The second-order valence-corrected chi connectivity index (χ2v) is 4.95. The van der Waals surface area contributed by atoms with Crippen LogP contribution in [0.3, 0.4) is 0 Å². The second kappa shape index (κ2) is 6.59. The highest BCUT2D eigenvalue weighted by Gasteiger charge is 2.09. The summed E-state index contributed by atoms with van der Waals surface area (Å²) in [4.78, 5) is 0. The molecule has 0 bridgehead atoms. The molecule has 0 saturated heterocycles. The lowest BCUT2D eigenvalue weighted by atomic mass is 10.1. The van der Waals surface area contributed by atoms with Crippen LogP contribution >= 0.6 is 0 Å². The average Bonchev–Trinajstić information content (AvgIpc) is 2.47. The van der Waals surface area contributed by atoms with Crippen molar-refractivity contribution >= 4 is 0 Å². The van der Waals surface area contributed by atoms with E-state index in [0.29, 0.717) is 11.5 Å². The lowest BCUT2D eigenvalue weighted by Crippen LogP contribution is -2.02. The Balaban J connectivity index is 2.22. The van der Waals surface area contributed by atoms with Gasteiger partial charge in [0.15, 0.2) is 0 Å². The van der Waals surface area contributed by atoms with Gasteiger partial charge >= 0.3 is 0 Å². The van der Waals surface area contributed by atoms with Crippen molar-refractivity contribution < 1.29 is 19.0 Å². The van der Waals surface area contributed by atoms with E-state index in [1.807, 2.05) is 13.0 Å². The molecule has 2 rings (SSSR count). The summed E-state index contributed by atoms with van der Waals surface area (Å²) >= 11 is 0. The number of aliphatic hydroxyl groups is 1. The van der Waals surface area contributed by atoms with Gasteiger partial charge in [-0.25, -0.2) is 4.39 Å². The number of halogens is 1. The molecule has 0 heterocycles. The molecule has 0 aliphatic heterocycles. The third-order valence-corrected chi connectivity index (χ3v) is 3.32. The molecule has 1 N–H and O–H groups in total. The molecule has 0 fully saturated rings. The minimum atomic E-state index is -0.564. The van der Waals surface area contributed by atoms with Gasteiger partial charge in [-0.15, -0.1) is 0 Å². The number of hydrogen-bond acceptors (Lipinski definition) is 3. The van der Waals surface area contributed by atoms with E-state index in [9.17, 15) is 9.50 Å². The van der Waals surface area contributed by atoms with Crippen LogP contribution in [0.25, 0.3) is 0 Å². The maximum atomic E-state index is 13.3. The van der Waals surface area contributed by atoms with Gasteiger partial charge < -0.3 is 14.6 Å². The van der Waals surface area contributed by atoms with Gasteiger partial charge in [-0.3, -0.25) is 0 Å². The first-order valence-corrected chi connectivity index (χ1v) is 6.75. The Hall–Kier alpha value is -2.07. The highest BCUT2D eigenvalue weighted by Crippen LogP contribution is 2.26. The van der Waals surface area contributed by atoms with Crippen LogP contribution in [0.5, 0.6) is 11.5 Å². The maximum Gasteiger partial charge on any atom is 0.126 e. The largest absolute Gasteiger partial charge is 0.496 e. The summed E-state index contributed by atoms with van der Waals surface area (Å²) in [5.41, 5.74) is 2.45. The molecule has 0 radical (unpaired) electrons. The number of ether oxygens (including phenoxy) is 2. The molecule has 112 valence electrons. The average molecular weight is 290 g/mol. The van der Waals surface area contributed by atoms with E-state index < -0.39 is 6.10 Å². The van der Waals surface area contributed by atoms with Crippen LogP contribution < -0.4 is 9.47 Å². The quantitative estimate of drug-likeness (QED) is 0.911. The predicted octanol–water partition coefficient (Wildman–Crippen LogP) is 3.78. The Morgan fingerprint density at radius 2 is 1.90 bits per heavy atom. The van der Waals surface area contributed by atoms with Crippen molar-refractivity contribution in [1.82, 2.24) is 0 Å². The van der Waals surface area contributed by atoms with Crippen LogP contribution in [0.1, 0.15) is 29.7 Å². The maximum absolute atomic E-state index is 13.3. The predicted molar refractivity (Wildman–Crippen MR) is 79.1 cm³/mol. The van der Waals surface area contributed by atoms with Gasteiger partial charge in [0.25, 0.3) is 0 Å². The minimum Gasteiger partial charge on any atom is -0.496 e. The highest BCUT2D eigenvalue weighted by molar-refractivity contribution is 5.39. The number of hydrogen-bond donors (Lipinski definition) is 1. The normalized spacial score (nSPS) is 12.0. The number of rotatable bonds is 5. The van der Waals surface area contributed by atoms with E-state index in [4.69, 9.17) is 9.47 Å². The summed E-state index contributed by atoms with van der Waals surface area (Å²) in [6.07, 6.45) is -0.564. The molecule has 0 aliphatic rings. The van der Waals surface area contributed by atoms with E-state index in [1.54, 1.807) is 32.2 Å². The van der Waals surface area contributed by atoms with Crippen molar-refractivity contribution in [1.29, 1.82) is 0 Å². The fraction of sp³-hybridized carbons (Fsp3) is 0.294. The Morgan fingerprint density at radius 1 is 1.14 bits per heavy atom. The van der Waals surface area contributed by atoms with Gasteiger partial charge in [-0.1, -0.05) is 12.1 Å². The first-order valence-electron chi connectivity index (χ1n) is 6.75. The van der Waals surface area contributed by atoms with Crippen LogP contribution in [0.2, 0.25) is 0 Å². The van der Waals surface area contributed by atoms with Gasteiger partial charge in [0.1, 0.15) is 23.9 Å². The van der Waals surface area contributed by atoms with Crippen LogP contribution in [-0.2, 0) is 6.61 Å². The molecule has 0 aromatic heterocycles. The molecule has 0 amide bonds. The lowest BCUT2D eigenvalue weighted by molar-refractivity contribution is 0.198. The first kappa shape index (κ1) is 15.3. The van der Waals surface area contributed by atoms with E-state index in [2.05, 4.69) is 0 Å². The van der Waals surface area contributed by atoms with Crippen molar-refractivity contribution in [2.75, 3.05) is 7.11 Å². The zero-order chi connectivity index (χ0) is 15.4. The second-order valence-electron chi connectivity index (χ2n) is 4.95. The molecule has 0 spiro atoms. The van der Waals surface area contributed by atoms with Crippen LogP contribution in [0, 0.1) is 12.7 Å². The Bertz CT molecular complexity index is 623. The lowest BCUT2D eigenvalue weighted by Gasteiger charge is -2.14. The molecule has 2 aromatic carbocycles. The fourth-order valence-corrected chi connectivity index (χ4v) is 2.06. The van der Waals surface area contributed by atoms with Crippen molar-refractivity contribution in [3.05, 3.63) is 58.9 Å². The summed E-state index contributed by atoms with van der Waals surface area (Å²) in [6.45, 7) is 3.80. The standard InChI is InChI=1S/C17H19FO3/c1-11-4-6-15(18)9-17(11)21-10-14-8-13(12(2)19)5-7-16(14)20-3/h4-9,12,19H,10H2,1-3H3. The molecule has 1 atom stereocenters. The molecule has 0 saturated carbocycles. The van der Waals surface area contributed by atoms with Gasteiger partial charge in [0.2, 0.25) is 0 Å². The third kappa shape index (κ3) is 3.73. The van der Waals surface area contributed by atoms with Gasteiger partial charge in [0, 0.05) is 11.6 Å². The van der Waals surface area contributed by atoms with Crippen LogP contribution in [0.15, 0.2) is 36.4 Å². The molecule has 21 heavy (non-hydrogen) atoms. The monoisotopic (exact) mass is 290 g/mol. The molecular weight excluding hydrogens is 271 g/mol. The first-order chi connectivity index (χ1) is 10.0. The van der Waals surface area contributed by atoms with E-state index in [1.165, 1.54) is 12.1 Å². The molecule has 2 aromatic rings. The number of methoxy groups -OCH3 is 1. The zero-order valence-electron chi connectivity index (χ0n) is 12.4. The number of aliphatic hydroxyl groups excluding tert-OH is 1. The minimum absolute atomic E-state index is 0.244. The van der Waals surface area contributed by atoms with Crippen LogP contribution in [0.4, 0.5) is 4.39 Å². The molecule has 3 nitrogen and oxygen atoms in total. The SMILES string of the molecule is COc1ccc(C(C)O)cc1COc1cc(F)ccc1C. The van der Waals surface area contributed by atoms with Gasteiger partial charge in [0.05, 0.1) is 13.2 Å². The molecular formula is C17H19FO3.